The van der Waals surface area contributed by atoms with Crippen LogP contribution in [-0.4, -0.2) is 12.0 Å². The predicted molar refractivity (Wildman–Crippen MR) is 69.2 cm³/mol. The molecule has 0 aliphatic rings. The van der Waals surface area contributed by atoms with E-state index in [2.05, 4.69) is 10.3 Å². The molecule has 1 N–H and O–H groups in total. The van der Waals surface area contributed by atoms with E-state index in [0.717, 1.165) is 22.0 Å². The average molecular weight is 304 g/mol. The molecule has 20 heavy (non-hydrogen) atoms. The summed E-state index contributed by atoms with van der Waals surface area (Å²) in [6.45, 7) is 1.83. The van der Waals surface area contributed by atoms with Crippen LogP contribution in [0.5, 0.6) is 0 Å². The number of rotatable bonds is 3. The molecule has 7 heteroatoms. The third-order valence-corrected chi connectivity index (χ3v) is 3.82. The minimum atomic E-state index is -4.68. The van der Waals surface area contributed by atoms with Crippen molar-refractivity contribution in [3.63, 3.8) is 0 Å². The van der Waals surface area contributed by atoms with Crippen LogP contribution in [-0.2, 0) is 6.18 Å². The van der Waals surface area contributed by atoms with E-state index >= 15 is 0 Å². The third kappa shape index (κ3) is 2.99. The van der Waals surface area contributed by atoms with Crippen molar-refractivity contribution in [1.82, 2.24) is 10.3 Å². The lowest BCUT2D eigenvalue weighted by molar-refractivity contribution is -0.140. The fourth-order valence-electron chi connectivity index (χ4n) is 1.93. The molecule has 2 rings (SSSR count). The lowest BCUT2D eigenvalue weighted by atomic mass is 10.0. The quantitative estimate of drug-likeness (QED) is 0.869. The molecule has 2 aromatic rings. The van der Waals surface area contributed by atoms with Crippen LogP contribution in [0.3, 0.4) is 0 Å². The predicted octanol–water partition coefficient (Wildman–Crippen LogP) is 3.92. The Morgan fingerprint density at radius 2 is 2.00 bits per heavy atom. The van der Waals surface area contributed by atoms with Crippen LogP contribution in [0.4, 0.5) is 17.6 Å². The Hall–Kier alpha value is -1.47. The van der Waals surface area contributed by atoms with Crippen molar-refractivity contribution in [2.24, 2.45) is 0 Å². The van der Waals surface area contributed by atoms with Crippen LogP contribution in [0, 0.1) is 12.7 Å². The molecule has 1 unspecified atom stereocenters. The third-order valence-electron chi connectivity index (χ3n) is 2.84. The maximum Gasteiger partial charge on any atom is 0.419 e. The van der Waals surface area contributed by atoms with E-state index in [4.69, 9.17) is 0 Å². The molecule has 0 amide bonds. The first-order valence-corrected chi connectivity index (χ1v) is 6.61. The Morgan fingerprint density at radius 1 is 1.30 bits per heavy atom. The largest absolute Gasteiger partial charge is 0.419 e. The highest BCUT2D eigenvalue weighted by Gasteiger charge is 2.34. The van der Waals surface area contributed by atoms with Crippen LogP contribution in [0.25, 0.3) is 0 Å². The molecule has 0 fully saturated rings. The lowest BCUT2D eigenvalue weighted by Gasteiger charge is -2.16. The maximum atomic E-state index is 13.6. The van der Waals surface area contributed by atoms with E-state index in [1.807, 2.05) is 6.92 Å². The molecule has 1 heterocycles. The molecule has 0 aliphatic heterocycles. The highest BCUT2D eigenvalue weighted by Crippen LogP contribution is 2.34. The molecule has 108 valence electrons. The van der Waals surface area contributed by atoms with Gasteiger partial charge in [-0.2, -0.15) is 13.2 Å². The molecular formula is C13H12F4N2S. The SMILES string of the molecule is CNC(c1ccc(C(F)(F)F)c(F)c1)c1cnc(C)s1. The summed E-state index contributed by atoms with van der Waals surface area (Å²) < 4.78 is 51.2. The van der Waals surface area contributed by atoms with E-state index < -0.39 is 17.6 Å². The van der Waals surface area contributed by atoms with Gasteiger partial charge in [-0.05, 0) is 31.7 Å². The van der Waals surface area contributed by atoms with Gasteiger partial charge in [-0.15, -0.1) is 11.3 Å². The van der Waals surface area contributed by atoms with E-state index in [1.54, 1.807) is 13.2 Å². The van der Waals surface area contributed by atoms with Gasteiger partial charge >= 0.3 is 6.18 Å². The second-order valence-corrected chi connectivity index (χ2v) is 5.51. The molecule has 0 aliphatic carbocycles. The summed E-state index contributed by atoms with van der Waals surface area (Å²) in [4.78, 5) is 4.92. The number of aryl methyl sites for hydroxylation is 1. The summed E-state index contributed by atoms with van der Waals surface area (Å²) in [5, 5.41) is 3.80. The van der Waals surface area contributed by atoms with Crippen molar-refractivity contribution in [1.29, 1.82) is 0 Å². The van der Waals surface area contributed by atoms with Crippen LogP contribution in [0.1, 0.15) is 27.1 Å². The molecule has 2 nitrogen and oxygen atoms in total. The fraction of sp³-hybridized carbons (Fsp3) is 0.308. The van der Waals surface area contributed by atoms with Crippen LogP contribution >= 0.6 is 11.3 Å². The Kier molecular flexibility index (Phi) is 4.10. The van der Waals surface area contributed by atoms with E-state index in [0.29, 0.717) is 5.56 Å². The first-order valence-electron chi connectivity index (χ1n) is 5.79. The summed E-state index contributed by atoms with van der Waals surface area (Å²) in [5.41, 5.74) is -0.821. The lowest BCUT2D eigenvalue weighted by Crippen LogP contribution is -2.17. The monoisotopic (exact) mass is 304 g/mol. The van der Waals surface area contributed by atoms with E-state index in [9.17, 15) is 17.6 Å². The van der Waals surface area contributed by atoms with Crippen molar-refractivity contribution in [2.75, 3.05) is 7.05 Å². The highest BCUT2D eigenvalue weighted by atomic mass is 32.1. The standard InChI is InChI=1S/C13H12F4N2S/c1-7-19-6-11(20-7)12(18-2)8-3-4-9(10(14)5-8)13(15,16)17/h3-6,12,18H,1-2H3. The molecule has 0 bridgehead atoms. The molecule has 0 radical (unpaired) electrons. The number of benzene rings is 1. The maximum absolute atomic E-state index is 13.6. The van der Waals surface area contributed by atoms with Crippen molar-refractivity contribution in [3.05, 3.63) is 51.2 Å². The molecule has 0 saturated heterocycles. The average Bonchev–Trinajstić information content (AvgIpc) is 2.75. The Labute approximate surface area is 117 Å². The highest BCUT2D eigenvalue weighted by molar-refractivity contribution is 7.11. The van der Waals surface area contributed by atoms with E-state index in [-0.39, 0.29) is 6.04 Å². The van der Waals surface area contributed by atoms with Gasteiger partial charge in [0.25, 0.3) is 0 Å². The van der Waals surface area contributed by atoms with Gasteiger partial charge in [0.1, 0.15) is 5.82 Å². The van der Waals surface area contributed by atoms with Crippen LogP contribution in [0.2, 0.25) is 0 Å². The summed E-state index contributed by atoms with van der Waals surface area (Å²) in [5.74, 6) is -1.27. The topological polar surface area (TPSA) is 24.9 Å². The smallest absolute Gasteiger partial charge is 0.309 e. The van der Waals surface area contributed by atoms with E-state index in [1.165, 1.54) is 17.4 Å². The Morgan fingerprint density at radius 3 is 2.45 bits per heavy atom. The van der Waals surface area contributed by atoms with Gasteiger partial charge in [0.2, 0.25) is 0 Å². The van der Waals surface area contributed by atoms with Crippen molar-refractivity contribution < 1.29 is 17.6 Å². The number of halogens is 4. The Balaban J connectivity index is 2.39. The number of nitrogens with zero attached hydrogens (tertiary/aromatic N) is 1. The molecule has 0 spiro atoms. The van der Waals surface area contributed by atoms with Gasteiger partial charge in [0.05, 0.1) is 16.6 Å². The Bertz CT molecular complexity index is 607. The number of nitrogens with one attached hydrogen (secondary N) is 1. The number of aromatic nitrogens is 1. The van der Waals surface area contributed by atoms with Crippen LogP contribution < -0.4 is 5.32 Å². The van der Waals surface area contributed by atoms with Gasteiger partial charge in [0.15, 0.2) is 0 Å². The first-order chi connectivity index (χ1) is 9.32. The zero-order chi connectivity index (χ0) is 14.9. The summed E-state index contributed by atoms with van der Waals surface area (Å²) in [7, 11) is 1.66. The summed E-state index contributed by atoms with van der Waals surface area (Å²) in [6.07, 6.45) is -3.05. The minimum absolute atomic E-state index is 0.377. The van der Waals surface area contributed by atoms with Gasteiger partial charge in [-0.3, -0.25) is 0 Å². The van der Waals surface area contributed by atoms with Gasteiger partial charge in [-0.25, -0.2) is 9.37 Å². The second kappa shape index (κ2) is 5.49. The number of hydrogen-bond acceptors (Lipinski definition) is 3. The fourth-order valence-corrected chi connectivity index (χ4v) is 2.85. The van der Waals surface area contributed by atoms with Gasteiger partial charge < -0.3 is 5.32 Å². The summed E-state index contributed by atoms with van der Waals surface area (Å²) >= 11 is 1.41. The van der Waals surface area contributed by atoms with Crippen molar-refractivity contribution in [3.8, 4) is 0 Å². The molecular weight excluding hydrogens is 292 g/mol. The molecule has 0 saturated carbocycles. The van der Waals surface area contributed by atoms with Crippen molar-refractivity contribution in [2.45, 2.75) is 19.1 Å². The van der Waals surface area contributed by atoms with Crippen molar-refractivity contribution >= 4 is 11.3 Å². The zero-order valence-electron chi connectivity index (χ0n) is 10.8. The molecule has 1 aromatic heterocycles. The number of thiazole rings is 1. The normalized spacial score (nSPS) is 13.5. The minimum Gasteiger partial charge on any atom is -0.309 e. The summed E-state index contributed by atoms with van der Waals surface area (Å²) in [6, 6.07) is 2.59. The van der Waals surface area contributed by atoms with Gasteiger partial charge in [-0.1, -0.05) is 6.07 Å². The first kappa shape index (κ1) is 14.9. The molecule has 1 atom stereocenters. The molecule has 1 aromatic carbocycles. The number of alkyl halides is 3. The van der Waals surface area contributed by atoms with Gasteiger partial charge in [0, 0.05) is 11.1 Å². The number of hydrogen-bond donors (Lipinski definition) is 1. The second-order valence-electron chi connectivity index (χ2n) is 4.24. The zero-order valence-corrected chi connectivity index (χ0v) is 11.6. The van der Waals surface area contributed by atoms with Crippen LogP contribution in [0.15, 0.2) is 24.4 Å².